The van der Waals surface area contributed by atoms with E-state index in [2.05, 4.69) is 5.32 Å². The van der Waals surface area contributed by atoms with Gasteiger partial charge in [-0.2, -0.15) is 0 Å². The SMILES string of the molecule is C[C@@H](NC(=O)CN(c1ccc(F)cc1F)S(C)(=O)=O)c1ccc(F)cc1. The Labute approximate surface area is 149 Å². The number of halogens is 3. The van der Waals surface area contributed by atoms with Gasteiger partial charge in [0.1, 0.15) is 24.0 Å². The van der Waals surface area contributed by atoms with E-state index in [-0.39, 0.29) is 0 Å². The van der Waals surface area contributed by atoms with E-state index in [1.807, 2.05) is 0 Å². The Hall–Kier alpha value is -2.55. The molecular formula is C17H17F3N2O3S. The summed E-state index contributed by atoms with van der Waals surface area (Å²) in [5.74, 6) is -3.10. The van der Waals surface area contributed by atoms with Crippen molar-refractivity contribution in [2.24, 2.45) is 0 Å². The lowest BCUT2D eigenvalue weighted by molar-refractivity contribution is -0.120. The predicted molar refractivity (Wildman–Crippen MR) is 91.5 cm³/mol. The van der Waals surface area contributed by atoms with Gasteiger partial charge in [-0.1, -0.05) is 12.1 Å². The summed E-state index contributed by atoms with van der Waals surface area (Å²) < 4.78 is 64.4. The Balaban J connectivity index is 2.18. The molecule has 0 spiro atoms. The van der Waals surface area contributed by atoms with Gasteiger partial charge >= 0.3 is 0 Å². The Kier molecular flexibility index (Phi) is 5.91. The molecule has 0 radical (unpaired) electrons. The molecule has 0 aliphatic rings. The van der Waals surface area contributed by atoms with Crippen molar-refractivity contribution < 1.29 is 26.4 Å². The minimum atomic E-state index is -3.99. The van der Waals surface area contributed by atoms with Gasteiger partial charge in [0, 0.05) is 6.07 Å². The van der Waals surface area contributed by atoms with Gasteiger partial charge in [-0.3, -0.25) is 9.10 Å². The molecule has 1 atom stereocenters. The van der Waals surface area contributed by atoms with Crippen molar-refractivity contribution in [2.75, 3.05) is 17.1 Å². The van der Waals surface area contributed by atoms with Crippen molar-refractivity contribution in [3.8, 4) is 0 Å². The number of hydrogen-bond donors (Lipinski definition) is 1. The maximum absolute atomic E-state index is 13.9. The third-order valence-corrected chi connectivity index (χ3v) is 4.74. The summed E-state index contributed by atoms with van der Waals surface area (Å²) in [5, 5.41) is 2.55. The molecule has 2 rings (SSSR count). The lowest BCUT2D eigenvalue weighted by atomic mass is 10.1. The van der Waals surface area contributed by atoms with Gasteiger partial charge in [0.25, 0.3) is 0 Å². The summed E-state index contributed by atoms with van der Waals surface area (Å²) in [4.78, 5) is 12.2. The third-order valence-electron chi connectivity index (χ3n) is 3.61. The van der Waals surface area contributed by atoms with Gasteiger partial charge in [-0.15, -0.1) is 0 Å². The number of amides is 1. The summed E-state index contributed by atoms with van der Waals surface area (Å²) >= 11 is 0. The highest BCUT2D eigenvalue weighted by Gasteiger charge is 2.24. The fourth-order valence-electron chi connectivity index (χ4n) is 2.32. The van der Waals surface area contributed by atoms with Crippen molar-refractivity contribution in [1.82, 2.24) is 5.32 Å². The number of anilines is 1. The molecule has 1 N–H and O–H groups in total. The van der Waals surface area contributed by atoms with Crippen LogP contribution in [-0.4, -0.2) is 27.1 Å². The monoisotopic (exact) mass is 386 g/mol. The van der Waals surface area contributed by atoms with Crippen molar-refractivity contribution in [3.63, 3.8) is 0 Å². The fourth-order valence-corrected chi connectivity index (χ4v) is 3.17. The van der Waals surface area contributed by atoms with Crippen LogP contribution < -0.4 is 9.62 Å². The number of sulfonamides is 1. The molecule has 0 heterocycles. The predicted octanol–water partition coefficient (Wildman–Crippen LogP) is 2.75. The molecule has 2 aromatic carbocycles. The topological polar surface area (TPSA) is 66.5 Å². The van der Waals surface area contributed by atoms with E-state index in [1.165, 1.54) is 24.3 Å². The second kappa shape index (κ2) is 7.77. The first-order chi connectivity index (χ1) is 12.1. The molecule has 5 nitrogen and oxygen atoms in total. The molecule has 0 saturated carbocycles. The van der Waals surface area contributed by atoms with Crippen molar-refractivity contribution in [2.45, 2.75) is 13.0 Å². The number of carbonyl (C=O) groups excluding carboxylic acids is 1. The van der Waals surface area contributed by atoms with E-state index in [9.17, 15) is 26.4 Å². The standard InChI is InChI=1S/C17H17F3N2O3S/c1-11(12-3-5-13(18)6-4-12)21-17(23)10-22(26(2,24)25)16-8-7-14(19)9-15(16)20/h3-9,11H,10H2,1-2H3,(H,21,23)/t11-/m1/s1. The molecule has 0 aromatic heterocycles. The van der Waals surface area contributed by atoms with Gasteiger partial charge in [0.2, 0.25) is 15.9 Å². The number of carbonyl (C=O) groups is 1. The summed E-state index contributed by atoms with van der Waals surface area (Å²) in [7, 11) is -3.99. The van der Waals surface area contributed by atoms with Crippen LogP contribution in [0.25, 0.3) is 0 Å². The highest BCUT2D eigenvalue weighted by atomic mass is 32.2. The molecule has 140 valence electrons. The van der Waals surface area contributed by atoms with Crippen LogP contribution in [0.1, 0.15) is 18.5 Å². The zero-order chi connectivity index (χ0) is 19.5. The maximum Gasteiger partial charge on any atom is 0.241 e. The van der Waals surface area contributed by atoms with Crippen molar-refractivity contribution in [1.29, 1.82) is 0 Å². The molecule has 1 amide bonds. The van der Waals surface area contributed by atoms with Gasteiger partial charge in [0.05, 0.1) is 18.0 Å². The van der Waals surface area contributed by atoms with E-state index in [4.69, 9.17) is 0 Å². The summed E-state index contributed by atoms with van der Waals surface area (Å²) in [6.07, 6.45) is 0.812. The van der Waals surface area contributed by atoms with Gasteiger partial charge in [0.15, 0.2) is 0 Å². The maximum atomic E-state index is 13.9. The van der Waals surface area contributed by atoms with Crippen LogP contribution in [0.3, 0.4) is 0 Å². The number of benzene rings is 2. The van der Waals surface area contributed by atoms with Gasteiger partial charge in [-0.05, 0) is 36.8 Å². The Morgan fingerprint density at radius 2 is 1.65 bits per heavy atom. The van der Waals surface area contributed by atoms with Crippen molar-refractivity contribution in [3.05, 3.63) is 65.5 Å². The van der Waals surface area contributed by atoms with E-state index >= 15 is 0 Å². The number of hydrogen-bond acceptors (Lipinski definition) is 3. The molecule has 0 aliphatic heterocycles. The highest BCUT2D eigenvalue weighted by molar-refractivity contribution is 7.92. The molecule has 2 aromatic rings. The van der Waals surface area contributed by atoms with E-state index < -0.39 is 51.7 Å². The Bertz CT molecular complexity index is 902. The molecule has 0 saturated heterocycles. The van der Waals surface area contributed by atoms with Crippen LogP contribution >= 0.6 is 0 Å². The van der Waals surface area contributed by atoms with Gasteiger partial charge < -0.3 is 5.32 Å². The van der Waals surface area contributed by atoms with E-state index in [0.29, 0.717) is 15.9 Å². The molecule has 0 unspecified atom stereocenters. The summed E-state index contributed by atoms with van der Waals surface area (Å²) in [6, 6.07) is 7.28. The first-order valence-corrected chi connectivity index (χ1v) is 9.40. The number of nitrogens with zero attached hydrogens (tertiary/aromatic N) is 1. The molecule has 26 heavy (non-hydrogen) atoms. The van der Waals surface area contributed by atoms with Crippen LogP contribution in [0.2, 0.25) is 0 Å². The smallest absolute Gasteiger partial charge is 0.241 e. The fraction of sp³-hybridized carbons (Fsp3) is 0.235. The van der Waals surface area contributed by atoms with E-state index in [1.54, 1.807) is 6.92 Å². The Morgan fingerprint density at radius 3 is 2.19 bits per heavy atom. The van der Waals surface area contributed by atoms with Crippen LogP contribution in [0.15, 0.2) is 42.5 Å². The second-order valence-corrected chi connectivity index (χ2v) is 7.61. The minimum Gasteiger partial charge on any atom is -0.348 e. The first-order valence-electron chi connectivity index (χ1n) is 7.55. The molecular weight excluding hydrogens is 369 g/mol. The summed E-state index contributed by atoms with van der Waals surface area (Å²) in [6.45, 7) is 0.946. The lowest BCUT2D eigenvalue weighted by Crippen LogP contribution is -2.41. The number of nitrogens with one attached hydrogen (secondary N) is 1. The molecule has 0 aliphatic carbocycles. The largest absolute Gasteiger partial charge is 0.348 e. The first kappa shape index (κ1) is 19.8. The van der Waals surface area contributed by atoms with Gasteiger partial charge in [-0.25, -0.2) is 21.6 Å². The lowest BCUT2D eigenvalue weighted by Gasteiger charge is -2.23. The second-order valence-electron chi connectivity index (χ2n) is 5.71. The summed E-state index contributed by atoms with van der Waals surface area (Å²) in [5.41, 5.74) is 0.178. The zero-order valence-corrected chi connectivity index (χ0v) is 14.9. The zero-order valence-electron chi connectivity index (χ0n) is 14.0. The molecule has 9 heteroatoms. The quantitative estimate of drug-likeness (QED) is 0.830. The third kappa shape index (κ3) is 4.98. The van der Waals surface area contributed by atoms with Crippen LogP contribution in [0, 0.1) is 17.5 Å². The Morgan fingerprint density at radius 1 is 1.08 bits per heavy atom. The van der Waals surface area contributed by atoms with Crippen molar-refractivity contribution >= 4 is 21.6 Å². The molecule has 0 fully saturated rings. The average molecular weight is 386 g/mol. The van der Waals surface area contributed by atoms with Crippen LogP contribution in [-0.2, 0) is 14.8 Å². The van der Waals surface area contributed by atoms with Crippen LogP contribution in [0.5, 0.6) is 0 Å². The number of rotatable bonds is 6. The molecule has 0 bridgehead atoms. The average Bonchev–Trinajstić information content (AvgIpc) is 2.53. The normalized spacial score (nSPS) is 12.5. The van der Waals surface area contributed by atoms with E-state index in [0.717, 1.165) is 18.4 Å². The minimum absolute atomic E-state index is 0.428. The van der Waals surface area contributed by atoms with Crippen LogP contribution in [0.4, 0.5) is 18.9 Å². The highest BCUT2D eigenvalue weighted by Crippen LogP contribution is 2.22.